The van der Waals surface area contributed by atoms with E-state index < -0.39 is 29.5 Å². The fourth-order valence-electron chi connectivity index (χ4n) is 5.92. The molecule has 0 spiro atoms. The van der Waals surface area contributed by atoms with E-state index in [1.165, 1.54) is 0 Å². The molecule has 1 saturated carbocycles. The normalized spacial score (nSPS) is 25.5. The van der Waals surface area contributed by atoms with E-state index in [0.717, 1.165) is 16.7 Å². The minimum atomic E-state index is -4.71. The van der Waals surface area contributed by atoms with Gasteiger partial charge in [-0.05, 0) is 79.5 Å². The van der Waals surface area contributed by atoms with E-state index in [1.54, 1.807) is 37.4 Å². The van der Waals surface area contributed by atoms with Crippen molar-refractivity contribution in [3.05, 3.63) is 94.8 Å². The van der Waals surface area contributed by atoms with E-state index >= 15 is 0 Å². The van der Waals surface area contributed by atoms with Crippen LogP contribution in [-0.2, 0) is 23.2 Å². The number of ether oxygens (including phenoxy) is 1. The number of fused-ring (bicyclic) bond motifs is 3. The highest BCUT2D eigenvalue weighted by Crippen LogP contribution is 2.55. The van der Waals surface area contributed by atoms with Gasteiger partial charge in [0.25, 0.3) is 5.91 Å². The Morgan fingerprint density at radius 1 is 1.14 bits per heavy atom. The van der Waals surface area contributed by atoms with Crippen LogP contribution in [-0.4, -0.2) is 34.4 Å². The lowest BCUT2D eigenvalue weighted by molar-refractivity contribution is -0.280. The zero-order chi connectivity index (χ0) is 26.3. The number of aromatic nitrogens is 1. The molecule has 2 N–H and O–H groups in total. The van der Waals surface area contributed by atoms with Crippen LogP contribution in [0.2, 0.25) is 0 Å². The van der Waals surface area contributed by atoms with E-state index in [4.69, 9.17) is 4.74 Å². The standard InChI is InChI=1S/C29H29F3N2O3/c1-19-25(8-5-13-33-19)34-26(35)21-9-10-24-22(14-21)17-37-18-23-16-28(36,29(30,31)32)12-11-27(23,24)15-20-6-3-2-4-7-20/h2-10,13-14,23,36H,11-12,15-18H2,1H3,(H,34,35). The molecule has 8 heteroatoms. The summed E-state index contributed by atoms with van der Waals surface area (Å²) in [6.07, 6.45) is -3.21. The Morgan fingerprint density at radius 3 is 2.65 bits per heavy atom. The van der Waals surface area contributed by atoms with E-state index in [2.05, 4.69) is 10.3 Å². The predicted octanol–water partition coefficient (Wildman–Crippen LogP) is 5.75. The molecule has 1 aliphatic heterocycles. The van der Waals surface area contributed by atoms with Crippen LogP contribution in [0, 0.1) is 12.8 Å². The lowest BCUT2D eigenvalue weighted by atomic mass is 9.56. The van der Waals surface area contributed by atoms with Crippen molar-refractivity contribution in [1.82, 2.24) is 4.98 Å². The highest BCUT2D eigenvalue weighted by molar-refractivity contribution is 6.04. The number of pyridine rings is 1. The van der Waals surface area contributed by atoms with E-state index in [0.29, 0.717) is 23.4 Å². The third kappa shape index (κ3) is 4.76. The third-order valence-corrected chi connectivity index (χ3v) is 7.98. The third-order valence-electron chi connectivity index (χ3n) is 7.98. The Kier molecular flexibility index (Phi) is 6.58. The van der Waals surface area contributed by atoms with Crippen LogP contribution in [0.25, 0.3) is 0 Å². The topological polar surface area (TPSA) is 71.5 Å². The zero-order valence-electron chi connectivity index (χ0n) is 20.5. The summed E-state index contributed by atoms with van der Waals surface area (Å²) in [4.78, 5) is 17.2. The number of hydrogen-bond donors (Lipinski definition) is 2. The first kappa shape index (κ1) is 25.4. The molecule has 3 atom stereocenters. The molecule has 1 aliphatic carbocycles. The smallest absolute Gasteiger partial charge is 0.380 e. The van der Waals surface area contributed by atoms with Crippen molar-refractivity contribution < 1.29 is 27.8 Å². The molecule has 37 heavy (non-hydrogen) atoms. The summed E-state index contributed by atoms with van der Waals surface area (Å²) in [5.74, 6) is -0.848. The molecule has 5 rings (SSSR count). The minimum Gasteiger partial charge on any atom is -0.380 e. The molecule has 0 radical (unpaired) electrons. The minimum absolute atomic E-state index is 0.0936. The van der Waals surface area contributed by atoms with Crippen molar-refractivity contribution in [2.75, 3.05) is 11.9 Å². The highest BCUT2D eigenvalue weighted by Gasteiger charge is 2.61. The number of nitrogens with one attached hydrogen (secondary N) is 1. The molecule has 3 unspecified atom stereocenters. The molecule has 1 aromatic heterocycles. The predicted molar refractivity (Wildman–Crippen MR) is 133 cm³/mol. The molecule has 0 saturated heterocycles. The summed E-state index contributed by atoms with van der Waals surface area (Å²) < 4.78 is 47.4. The van der Waals surface area contributed by atoms with Crippen molar-refractivity contribution in [2.24, 2.45) is 5.92 Å². The Morgan fingerprint density at radius 2 is 1.92 bits per heavy atom. The van der Waals surface area contributed by atoms with Crippen LogP contribution in [0.3, 0.4) is 0 Å². The van der Waals surface area contributed by atoms with Crippen molar-refractivity contribution in [2.45, 2.75) is 56.4 Å². The van der Waals surface area contributed by atoms with Crippen LogP contribution >= 0.6 is 0 Å². The molecule has 3 aromatic rings. The number of carbonyl (C=O) groups is 1. The maximum atomic E-state index is 13.8. The van der Waals surface area contributed by atoms with Gasteiger partial charge in [-0.2, -0.15) is 13.2 Å². The van der Waals surface area contributed by atoms with Crippen LogP contribution in [0.15, 0.2) is 66.9 Å². The van der Waals surface area contributed by atoms with Gasteiger partial charge in [0.1, 0.15) is 0 Å². The largest absolute Gasteiger partial charge is 0.417 e. The number of anilines is 1. The number of carbonyl (C=O) groups excluding carboxylic acids is 1. The van der Waals surface area contributed by atoms with Crippen molar-refractivity contribution in [1.29, 1.82) is 0 Å². The number of aliphatic hydroxyl groups is 1. The molecule has 2 heterocycles. The molecular formula is C29H29F3N2O3. The van der Waals surface area contributed by atoms with Crippen molar-refractivity contribution in [3.63, 3.8) is 0 Å². The number of halogens is 3. The average Bonchev–Trinajstić information content (AvgIpc) is 3.01. The van der Waals surface area contributed by atoms with E-state index in [-0.39, 0.29) is 32.0 Å². The quantitative estimate of drug-likeness (QED) is 0.469. The van der Waals surface area contributed by atoms with E-state index in [1.807, 2.05) is 36.4 Å². The van der Waals surface area contributed by atoms with Gasteiger partial charge in [0, 0.05) is 17.2 Å². The molecule has 1 fully saturated rings. The first-order chi connectivity index (χ1) is 17.6. The summed E-state index contributed by atoms with van der Waals surface area (Å²) in [5, 5.41) is 13.5. The number of hydrogen-bond acceptors (Lipinski definition) is 4. The second-order valence-electron chi connectivity index (χ2n) is 10.2. The van der Waals surface area contributed by atoms with Gasteiger partial charge in [0.15, 0.2) is 5.60 Å². The molecule has 2 aliphatic rings. The molecule has 5 nitrogen and oxygen atoms in total. The number of aryl methyl sites for hydroxylation is 1. The van der Waals surface area contributed by atoms with Crippen molar-refractivity contribution >= 4 is 11.6 Å². The van der Waals surface area contributed by atoms with Gasteiger partial charge in [0.2, 0.25) is 0 Å². The van der Waals surface area contributed by atoms with Gasteiger partial charge < -0.3 is 15.2 Å². The lowest BCUT2D eigenvalue weighted by Crippen LogP contribution is -2.56. The van der Waals surface area contributed by atoms with E-state index in [9.17, 15) is 23.1 Å². The van der Waals surface area contributed by atoms with Crippen LogP contribution in [0.4, 0.5) is 18.9 Å². The van der Waals surface area contributed by atoms with Crippen LogP contribution < -0.4 is 5.32 Å². The summed E-state index contributed by atoms with van der Waals surface area (Å²) in [5.41, 5.74) is 1.00. The zero-order valence-corrected chi connectivity index (χ0v) is 20.5. The van der Waals surface area contributed by atoms with Crippen LogP contribution in [0.1, 0.15) is 52.0 Å². The highest BCUT2D eigenvalue weighted by atomic mass is 19.4. The van der Waals surface area contributed by atoms with Gasteiger partial charge >= 0.3 is 6.18 Å². The molecule has 1 amide bonds. The van der Waals surface area contributed by atoms with Gasteiger partial charge in [-0.25, -0.2) is 0 Å². The number of rotatable bonds is 4. The number of nitrogens with zero attached hydrogens (tertiary/aromatic N) is 1. The molecular weight excluding hydrogens is 481 g/mol. The maximum Gasteiger partial charge on any atom is 0.417 e. The maximum absolute atomic E-state index is 13.8. The fourth-order valence-corrected chi connectivity index (χ4v) is 5.92. The number of alkyl halides is 3. The summed E-state index contributed by atoms with van der Waals surface area (Å²) in [7, 11) is 0. The summed E-state index contributed by atoms with van der Waals surface area (Å²) >= 11 is 0. The first-order valence-corrected chi connectivity index (χ1v) is 12.4. The second kappa shape index (κ2) is 9.58. The van der Waals surface area contributed by atoms with Crippen LogP contribution in [0.5, 0.6) is 0 Å². The molecule has 0 bridgehead atoms. The van der Waals surface area contributed by atoms with Gasteiger partial charge in [-0.3, -0.25) is 9.78 Å². The monoisotopic (exact) mass is 510 g/mol. The SMILES string of the molecule is Cc1ncccc1NC(=O)c1ccc2c(c1)COCC1CC(O)(C(F)(F)F)CCC21Cc1ccccc1. The lowest BCUT2D eigenvalue weighted by Gasteiger charge is -2.50. The Labute approximate surface area is 213 Å². The fraction of sp³-hybridized carbons (Fsp3) is 0.379. The second-order valence-corrected chi connectivity index (χ2v) is 10.2. The Hall–Kier alpha value is -3.23. The first-order valence-electron chi connectivity index (χ1n) is 12.4. The van der Waals surface area contributed by atoms with Crippen molar-refractivity contribution in [3.8, 4) is 0 Å². The summed E-state index contributed by atoms with van der Waals surface area (Å²) in [6, 6.07) is 18.6. The molecule has 194 valence electrons. The average molecular weight is 511 g/mol. The van der Waals surface area contributed by atoms with Gasteiger partial charge in [0.05, 0.1) is 24.6 Å². The number of amides is 1. The number of benzene rings is 2. The Bertz CT molecular complexity index is 1300. The Balaban J connectivity index is 1.54. The van der Waals surface area contributed by atoms with Gasteiger partial charge in [-0.15, -0.1) is 0 Å². The summed E-state index contributed by atoms with van der Waals surface area (Å²) in [6.45, 7) is 2.08. The van der Waals surface area contributed by atoms with Gasteiger partial charge in [-0.1, -0.05) is 36.4 Å². The molecule has 2 aromatic carbocycles.